The summed E-state index contributed by atoms with van der Waals surface area (Å²) in [5.74, 6) is -0.432. The van der Waals surface area contributed by atoms with Crippen LogP contribution in [0.1, 0.15) is 24.9 Å². The van der Waals surface area contributed by atoms with Crippen LogP contribution in [0.2, 0.25) is 0 Å². The maximum Gasteiger partial charge on any atom is 0.237 e. The molecule has 0 aliphatic carbocycles. The molecule has 0 aromatic heterocycles. The van der Waals surface area contributed by atoms with E-state index in [0.717, 1.165) is 22.6 Å². The van der Waals surface area contributed by atoms with Gasteiger partial charge in [0.15, 0.2) is 0 Å². The van der Waals surface area contributed by atoms with Gasteiger partial charge in [-0.1, -0.05) is 42.5 Å². The fourth-order valence-electron chi connectivity index (χ4n) is 2.50. The molecular formula is C17H22N2O3S. The summed E-state index contributed by atoms with van der Waals surface area (Å²) in [4.78, 5) is 12.1. The average molecular weight is 334 g/mol. The van der Waals surface area contributed by atoms with Gasteiger partial charge in [0.25, 0.3) is 0 Å². The zero-order chi connectivity index (χ0) is 17.0. The molecule has 2 rings (SSSR count). The molecule has 0 heterocycles. The molecule has 2 atom stereocenters. The molecule has 5 nitrogen and oxygen atoms in total. The average Bonchev–Trinajstić information content (AvgIpc) is 2.51. The summed E-state index contributed by atoms with van der Waals surface area (Å²) >= 11 is 0. The molecule has 0 spiro atoms. The number of sulfone groups is 1. The topological polar surface area (TPSA) is 89.3 Å². The van der Waals surface area contributed by atoms with Crippen molar-refractivity contribution in [2.45, 2.75) is 25.4 Å². The lowest BCUT2D eigenvalue weighted by Crippen LogP contribution is -2.42. The molecule has 0 saturated carbocycles. The molecule has 0 fully saturated rings. The van der Waals surface area contributed by atoms with Gasteiger partial charge in [0, 0.05) is 6.26 Å². The van der Waals surface area contributed by atoms with Gasteiger partial charge < -0.3 is 11.1 Å². The number of carbonyl (C=O) groups is 1. The number of nitrogens with one attached hydrogen (secondary N) is 1. The second kappa shape index (κ2) is 7.10. The second-order valence-electron chi connectivity index (χ2n) is 5.82. The zero-order valence-corrected chi connectivity index (χ0v) is 14.1. The Hall–Kier alpha value is -1.92. The number of nitrogens with two attached hydrogens (primary N) is 1. The minimum absolute atomic E-state index is 0.0930. The Morgan fingerprint density at radius 1 is 1.17 bits per heavy atom. The van der Waals surface area contributed by atoms with Crippen LogP contribution in [0.25, 0.3) is 10.8 Å². The van der Waals surface area contributed by atoms with Crippen molar-refractivity contribution in [3.63, 3.8) is 0 Å². The number of fused-ring (bicyclic) bond motifs is 1. The van der Waals surface area contributed by atoms with E-state index >= 15 is 0 Å². The van der Waals surface area contributed by atoms with Crippen LogP contribution in [-0.2, 0) is 14.6 Å². The van der Waals surface area contributed by atoms with Crippen LogP contribution in [0.3, 0.4) is 0 Å². The van der Waals surface area contributed by atoms with Crippen molar-refractivity contribution in [3.05, 3.63) is 48.0 Å². The maximum atomic E-state index is 12.1. The van der Waals surface area contributed by atoms with Crippen molar-refractivity contribution in [3.8, 4) is 0 Å². The van der Waals surface area contributed by atoms with E-state index in [2.05, 4.69) is 5.32 Å². The highest BCUT2D eigenvalue weighted by Crippen LogP contribution is 2.24. The Labute approximate surface area is 136 Å². The van der Waals surface area contributed by atoms with Crippen LogP contribution in [0.4, 0.5) is 0 Å². The van der Waals surface area contributed by atoms with E-state index < -0.39 is 15.9 Å². The van der Waals surface area contributed by atoms with E-state index in [1.165, 1.54) is 0 Å². The van der Waals surface area contributed by atoms with Crippen LogP contribution in [-0.4, -0.2) is 32.4 Å². The highest BCUT2D eigenvalue weighted by molar-refractivity contribution is 7.90. The minimum atomic E-state index is -3.12. The molecule has 2 unspecified atom stereocenters. The molecule has 0 aliphatic heterocycles. The molecule has 0 radical (unpaired) electrons. The number of hydrogen-bond acceptors (Lipinski definition) is 4. The van der Waals surface area contributed by atoms with E-state index in [9.17, 15) is 13.2 Å². The van der Waals surface area contributed by atoms with Gasteiger partial charge in [-0.05, 0) is 29.7 Å². The second-order valence-corrected chi connectivity index (χ2v) is 8.08. The summed E-state index contributed by atoms with van der Waals surface area (Å²) in [6, 6.07) is 12.8. The summed E-state index contributed by atoms with van der Waals surface area (Å²) in [6.07, 6.45) is 1.25. The Morgan fingerprint density at radius 2 is 1.83 bits per heavy atom. The van der Waals surface area contributed by atoms with Crippen molar-refractivity contribution in [2.24, 2.45) is 5.73 Å². The Kier molecular flexibility index (Phi) is 5.38. The lowest BCUT2D eigenvalue weighted by molar-refractivity contribution is -0.123. The third-order valence-electron chi connectivity index (χ3n) is 3.79. The molecule has 3 N–H and O–H groups in total. The number of benzene rings is 2. The molecule has 124 valence electrons. The first-order chi connectivity index (χ1) is 10.8. The molecule has 0 saturated heterocycles. The SMILES string of the molecule is CC(NC(=O)C(N)CCS(C)(=O)=O)c1cccc2ccccc12. The van der Waals surface area contributed by atoms with Crippen molar-refractivity contribution in [1.82, 2.24) is 5.32 Å². The van der Waals surface area contributed by atoms with Crippen LogP contribution in [0, 0.1) is 0 Å². The van der Waals surface area contributed by atoms with Gasteiger partial charge in [0.05, 0.1) is 17.8 Å². The van der Waals surface area contributed by atoms with Crippen LogP contribution >= 0.6 is 0 Å². The number of carbonyl (C=O) groups excluding carboxylic acids is 1. The number of hydrogen-bond donors (Lipinski definition) is 2. The summed E-state index contributed by atoms with van der Waals surface area (Å²) in [5, 5.41) is 5.05. The standard InChI is InChI=1S/C17H22N2O3S/c1-12(19-17(20)16(18)10-11-23(2,21)22)14-9-5-7-13-6-3-4-8-15(13)14/h3-9,12,16H,10-11,18H2,1-2H3,(H,19,20). The van der Waals surface area contributed by atoms with E-state index in [-0.39, 0.29) is 24.1 Å². The molecule has 6 heteroatoms. The van der Waals surface area contributed by atoms with Crippen LogP contribution in [0.15, 0.2) is 42.5 Å². The Balaban J connectivity index is 2.08. The Morgan fingerprint density at radius 3 is 2.52 bits per heavy atom. The lowest BCUT2D eigenvalue weighted by atomic mass is 9.99. The molecule has 0 bridgehead atoms. The van der Waals surface area contributed by atoms with E-state index in [4.69, 9.17) is 5.73 Å². The van der Waals surface area contributed by atoms with E-state index in [0.29, 0.717) is 0 Å². The Bertz CT molecular complexity index is 797. The van der Waals surface area contributed by atoms with Gasteiger partial charge in [0.1, 0.15) is 9.84 Å². The van der Waals surface area contributed by atoms with Gasteiger partial charge in [-0.15, -0.1) is 0 Å². The third kappa shape index (κ3) is 4.77. The normalized spacial score (nSPS) is 14.4. The van der Waals surface area contributed by atoms with Crippen LogP contribution in [0.5, 0.6) is 0 Å². The molecule has 1 amide bonds. The van der Waals surface area contributed by atoms with Gasteiger partial charge in [-0.2, -0.15) is 0 Å². The fraction of sp³-hybridized carbons (Fsp3) is 0.353. The van der Waals surface area contributed by atoms with Crippen molar-refractivity contribution < 1.29 is 13.2 Å². The quantitative estimate of drug-likeness (QED) is 0.843. The summed E-state index contributed by atoms with van der Waals surface area (Å²) in [5.41, 5.74) is 6.79. The van der Waals surface area contributed by atoms with Crippen LogP contribution < -0.4 is 11.1 Å². The first-order valence-electron chi connectivity index (χ1n) is 7.49. The highest BCUT2D eigenvalue weighted by Gasteiger charge is 2.19. The zero-order valence-electron chi connectivity index (χ0n) is 13.3. The first-order valence-corrected chi connectivity index (χ1v) is 9.55. The molecule has 2 aromatic carbocycles. The summed E-state index contributed by atoms with van der Waals surface area (Å²) in [6.45, 7) is 1.89. The molecule has 2 aromatic rings. The lowest BCUT2D eigenvalue weighted by Gasteiger charge is -2.19. The largest absolute Gasteiger partial charge is 0.348 e. The molecule has 23 heavy (non-hydrogen) atoms. The van der Waals surface area contributed by atoms with E-state index in [1.54, 1.807) is 0 Å². The fourth-order valence-corrected chi connectivity index (χ4v) is 3.18. The summed E-state index contributed by atoms with van der Waals surface area (Å²) in [7, 11) is -3.12. The van der Waals surface area contributed by atoms with Gasteiger partial charge in [-0.25, -0.2) is 8.42 Å². The van der Waals surface area contributed by atoms with Gasteiger partial charge in [0.2, 0.25) is 5.91 Å². The van der Waals surface area contributed by atoms with Gasteiger partial charge >= 0.3 is 0 Å². The smallest absolute Gasteiger partial charge is 0.237 e. The monoisotopic (exact) mass is 334 g/mol. The predicted molar refractivity (Wildman–Crippen MR) is 92.8 cm³/mol. The van der Waals surface area contributed by atoms with Gasteiger partial charge in [-0.3, -0.25) is 4.79 Å². The summed E-state index contributed by atoms with van der Waals surface area (Å²) < 4.78 is 22.3. The number of amides is 1. The highest BCUT2D eigenvalue weighted by atomic mass is 32.2. The van der Waals surface area contributed by atoms with Crippen molar-refractivity contribution in [1.29, 1.82) is 0 Å². The first kappa shape index (κ1) is 17.4. The molecular weight excluding hydrogens is 312 g/mol. The minimum Gasteiger partial charge on any atom is -0.348 e. The van der Waals surface area contributed by atoms with Crippen molar-refractivity contribution in [2.75, 3.05) is 12.0 Å². The maximum absolute atomic E-state index is 12.1. The molecule has 0 aliphatic rings. The van der Waals surface area contributed by atoms with Crippen molar-refractivity contribution >= 4 is 26.5 Å². The number of rotatable bonds is 6. The third-order valence-corrected chi connectivity index (χ3v) is 4.76. The predicted octanol–water partition coefficient (Wildman–Crippen LogP) is 1.78. The van der Waals surface area contributed by atoms with E-state index in [1.807, 2.05) is 49.4 Å².